The standard InChI is InChI=1S/C38H41N3.2C2H6/c1-5-6-7-8-16-36(34-14-10-9-13-27(34)2)40-32-22-18-30(19-23-32)26-31-20-24-33(25-21-31)41-38-28(3)29(4)39-37-17-12-11-15-35(37)38;2*1-2/h9-15,17-25,40H,2,5-8,16,26H2,1,3-4H3,(H,39,41);2*1-2H3/b36-34+;;. The van der Waals surface area contributed by atoms with Crippen molar-refractivity contribution in [2.75, 3.05) is 10.6 Å². The summed E-state index contributed by atoms with van der Waals surface area (Å²) < 4.78 is 0. The summed E-state index contributed by atoms with van der Waals surface area (Å²) in [6.07, 6.45) is 6.90. The lowest BCUT2D eigenvalue weighted by atomic mass is 10.0. The predicted octanol–water partition coefficient (Wildman–Crippen LogP) is 10.8. The summed E-state index contributed by atoms with van der Waals surface area (Å²) in [4.78, 5) is 4.75. The summed E-state index contributed by atoms with van der Waals surface area (Å²) in [5.41, 5.74) is 10.4. The van der Waals surface area contributed by atoms with Gasteiger partial charge in [0.2, 0.25) is 0 Å². The molecule has 0 bridgehead atoms. The van der Waals surface area contributed by atoms with Gasteiger partial charge >= 0.3 is 0 Å². The maximum atomic E-state index is 4.75. The van der Waals surface area contributed by atoms with Crippen molar-refractivity contribution in [3.8, 4) is 0 Å². The first-order chi connectivity index (χ1) is 22.0. The number of para-hydroxylation sites is 1. The maximum Gasteiger partial charge on any atom is 0.0726 e. The molecule has 0 saturated carbocycles. The van der Waals surface area contributed by atoms with E-state index in [9.17, 15) is 0 Å². The minimum Gasteiger partial charge on any atom is -0.358 e. The Kier molecular flexibility index (Phi) is 14.4. The summed E-state index contributed by atoms with van der Waals surface area (Å²) in [5, 5.41) is 10.8. The molecule has 45 heavy (non-hydrogen) atoms. The van der Waals surface area contributed by atoms with Crippen molar-refractivity contribution >= 4 is 40.2 Å². The zero-order valence-electron chi connectivity index (χ0n) is 28.6. The van der Waals surface area contributed by atoms with Gasteiger partial charge in [-0.15, -0.1) is 0 Å². The normalized spacial score (nSPS) is 11.1. The van der Waals surface area contributed by atoms with E-state index in [2.05, 4.69) is 129 Å². The van der Waals surface area contributed by atoms with Crippen LogP contribution in [-0.2, 0) is 6.42 Å². The van der Waals surface area contributed by atoms with Crippen molar-refractivity contribution in [1.29, 1.82) is 0 Å². The van der Waals surface area contributed by atoms with E-state index in [1.165, 1.54) is 53.3 Å². The fourth-order valence-electron chi connectivity index (χ4n) is 5.36. The summed E-state index contributed by atoms with van der Waals surface area (Å²) in [6, 6.07) is 34.4. The third kappa shape index (κ3) is 9.81. The summed E-state index contributed by atoms with van der Waals surface area (Å²) in [5.74, 6) is 0. The zero-order chi connectivity index (χ0) is 32.6. The van der Waals surface area contributed by atoms with Crippen molar-refractivity contribution in [2.24, 2.45) is 0 Å². The summed E-state index contributed by atoms with van der Waals surface area (Å²) in [7, 11) is 0. The molecule has 0 aliphatic rings. The van der Waals surface area contributed by atoms with Gasteiger partial charge in [0, 0.05) is 33.4 Å². The third-order valence-corrected chi connectivity index (χ3v) is 7.88. The van der Waals surface area contributed by atoms with Gasteiger partial charge in [0.25, 0.3) is 0 Å². The molecule has 3 heteroatoms. The average Bonchev–Trinajstić information content (AvgIpc) is 3.08. The van der Waals surface area contributed by atoms with Crippen molar-refractivity contribution in [2.45, 2.75) is 87.0 Å². The second-order valence-electron chi connectivity index (χ2n) is 11.0. The number of fused-ring (bicyclic) bond motifs is 1. The second-order valence-corrected chi connectivity index (χ2v) is 11.0. The molecule has 0 saturated heterocycles. The van der Waals surface area contributed by atoms with E-state index in [0.717, 1.165) is 51.7 Å². The minimum absolute atomic E-state index is 0.895. The molecule has 0 aliphatic carbocycles. The lowest BCUT2D eigenvalue weighted by Gasteiger charge is -2.15. The highest BCUT2D eigenvalue weighted by atomic mass is 14.9. The lowest BCUT2D eigenvalue weighted by Crippen LogP contribution is -2.27. The molecule has 1 aromatic heterocycles. The molecule has 0 aliphatic heterocycles. The Morgan fingerprint density at radius 1 is 0.689 bits per heavy atom. The van der Waals surface area contributed by atoms with Crippen LogP contribution in [0.15, 0.2) is 97.1 Å². The molecule has 0 amide bonds. The number of anilines is 3. The number of pyridine rings is 1. The molecule has 0 radical (unpaired) electrons. The lowest BCUT2D eigenvalue weighted by molar-refractivity contribution is 0.677. The number of nitrogens with zero attached hydrogens (tertiary/aromatic N) is 1. The number of hydrogen-bond donors (Lipinski definition) is 2. The Balaban J connectivity index is 0.00000133. The number of hydrogen-bond acceptors (Lipinski definition) is 3. The second kappa shape index (κ2) is 18.4. The van der Waals surface area contributed by atoms with Gasteiger partial charge in [-0.05, 0) is 85.4 Å². The van der Waals surface area contributed by atoms with Crippen LogP contribution in [0.1, 0.15) is 89.1 Å². The SMILES string of the molecule is C=c1cccc/c1=C(/CCCCCC)Nc1ccc(Cc2ccc(Nc3c(C)c(C)nc4ccccc34)cc2)cc1.CC.CC. The fraction of sp³-hybridized carbons (Fsp3) is 0.310. The first-order valence-corrected chi connectivity index (χ1v) is 16.9. The molecule has 236 valence electrons. The van der Waals surface area contributed by atoms with Crippen molar-refractivity contribution < 1.29 is 0 Å². The van der Waals surface area contributed by atoms with Crippen LogP contribution in [0.25, 0.3) is 23.2 Å². The van der Waals surface area contributed by atoms with Crippen LogP contribution in [0.5, 0.6) is 0 Å². The van der Waals surface area contributed by atoms with Gasteiger partial charge in [0.1, 0.15) is 0 Å². The quantitative estimate of drug-likeness (QED) is 0.148. The smallest absolute Gasteiger partial charge is 0.0726 e. The summed E-state index contributed by atoms with van der Waals surface area (Å²) in [6.45, 7) is 18.7. The van der Waals surface area contributed by atoms with E-state index >= 15 is 0 Å². The average molecular weight is 600 g/mol. The van der Waals surface area contributed by atoms with Crippen LogP contribution in [0.4, 0.5) is 17.1 Å². The molecule has 5 aromatic rings. The maximum absolute atomic E-state index is 4.75. The van der Waals surface area contributed by atoms with E-state index < -0.39 is 0 Å². The molecular weight excluding hydrogens is 546 g/mol. The number of aryl methyl sites for hydroxylation is 1. The van der Waals surface area contributed by atoms with Crippen molar-refractivity contribution in [3.63, 3.8) is 0 Å². The van der Waals surface area contributed by atoms with Gasteiger partial charge in [-0.2, -0.15) is 0 Å². The van der Waals surface area contributed by atoms with Gasteiger partial charge in [0.15, 0.2) is 0 Å². The van der Waals surface area contributed by atoms with Gasteiger partial charge in [0.05, 0.1) is 11.2 Å². The Bertz CT molecular complexity index is 1720. The van der Waals surface area contributed by atoms with Crippen LogP contribution in [0.2, 0.25) is 0 Å². The Labute approximate surface area is 272 Å². The predicted molar refractivity (Wildman–Crippen MR) is 200 cm³/mol. The minimum atomic E-state index is 0.895. The van der Waals surface area contributed by atoms with Crippen LogP contribution >= 0.6 is 0 Å². The number of benzene rings is 4. The topological polar surface area (TPSA) is 37.0 Å². The van der Waals surface area contributed by atoms with Crippen LogP contribution in [-0.4, -0.2) is 4.98 Å². The number of nitrogens with one attached hydrogen (secondary N) is 2. The Morgan fingerprint density at radius 3 is 1.93 bits per heavy atom. The molecule has 0 spiro atoms. The Morgan fingerprint density at radius 2 is 1.29 bits per heavy atom. The van der Waals surface area contributed by atoms with Gasteiger partial charge in [-0.3, -0.25) is 4.98 Å². The molecule has 0 unspecified atom stereocenters. The molecule has 5 rings (SSSR count). The highest BCUT2D eigenvalue weighted by molar-refractivity contribution is 5.95. The monoisotopic (exact) mass is 599 g/mol. The molecular formula is C42H53N3. The van der Waals surface area contributed by atoms with Crippen LogP contribution in [0, 0.1) is 13.8 Å². The first kappa shape index (κ1) is 35.1. The van der Waals surface area contributed by atoms with E-state index in [0.29, 0.717) is 0 Å². The molecule has 2 N–H and O–H groups in total. The van der Waals surface area contributed by atoms with Crippen LogP contribution in [0.3, 0.4) is 0 Å². The first-order valence-electron chi connectivity index (χ1n) is 16.9. The zero-order valence-corrected chi connectivity index (χ0v) is 28.6. The van der Waals surface area contributed by atoms with Crippen LogP contribution < -0.4 is 21.1 Å². The number of aromatic nitrogens is 1. The molecule has 3 nitrogen and oxygen atoms in total. The summed E-state index contributed by atoms with van der Waals surface area (Å²) >= 11 is 0. The molecule has 0 fully saturated rings. The van der Waals surface area contributed by atoms with Gasteiger partial charge in [-0.25, -0.2) is 0 Å². The van der Waals surface area contributed by atoms with Crippen molar-refractivity contribution in [3.05, 3.63) is 130 Å². The molecule has 0 atom stereocenters. The van der Waals surface area contributed by atoms with Gasteiger partial charge < -0.3 is 10.6 Å². The van der Waals surface area contributed by atoms with E-state index in [4.69, 9.17) is 4.98 Å². The number of unbranched alkanes of at least 4 members (excludes halogenated alkanes) is 3. The van der Waals surface area contributed by atoms with Gasteiger partial charge in [-0.1, -0.05) is 127 Å². The highest BCUT2D eigenvalue weighted by Crippen LogP contribution is 2.30. The largest absolute Gasteiger partial charge is 0.358 e. The van der Waals surface area contributed by atoms with E-state index in [1.54, 1.807) is 0 Å². The molecule has 1 heterocycles. The third-order valence-electron chi connectivity index (χ3n) is 7.88. The van der Waals surface area contributed by atoms with E-state index in [-0.39, 0.29) is 0 Å². The number of rotatable bonds is 11. The van der Waals surface area contributed by atoms with Crippen molar-refractivity contribution in [1.82, 2.24) is 4.98 Å². The Hall–Kier alpha value is -4.37. The molecule has 4 aromatic carbocycles. The fourth-order valence-corrected chi connectivity index (χ4v) is 5.36. The van der Waals surface area contributed by atoms with E-state index in [1.807, 2.05) is 33.8 Å². The highest BCUT2D eigenvalue weighted by Gasteiger charge is 2.10.